The van der Waals surface area contributed by atoms with Crippen molar-refractivity contribution in [3.8, 4) is 22.8 Å². The number of nitrogens with zero attached hydrogens (tertiary/aromatic N) is 5. The van der Waals surface area contributed by atoms with Gasteiger partial charge in [0.2, 0.25) is 5.89 Å². The van der Waals surface area contributed by atoms with Gasteiger partial charge >= 0.3 is 0 Å². The topological polar surface area (TPSA) is 78.9 Å². The molecular formula is C20H18ClN5O2S. The fourth-order valence-electron chi connectivity index (χ4n) is 2.80. The van der Waals surface area contributed by atoms with Gasteiger partial charge in [-0.1, -0.05) is 40.7 Å². The van der Waals surface area contributed by atoms with E-state index in [9.17, 15) is 0 Å². The molecule has 0 unspecified atom stereocenters. The Bertz CT molecular complexity index is 1110. The highest BCUT2D eigenvalue weighted by atomic mass is 35.5. The van der Waals surface area contributed by atoms with Crippen molar-refractivity contribution in [3.05, 3.63) is 65.3 Å². The first-order valence-electron chi connectivity index (χ1n) is 9.01. The van der Waals surface area contributed by atoms with Gasteiger partial charge in [0.1, 0.15) is 5.75 Å². The zero-order chi connectivity index (χ0) is 20.2. The van der Waals surface area contributed by atoms with Crippen molar-refractivity contribution in [2.45, 2.75) is 24.8 Å². The highest BCUT2D eigenvalue weighted by molar-refractivity contribution is 7.98. The molecule has 4 aromatic rings. The molecule has 9 heteroatoms. The minimum atomic E-state index is 0.485. The van der Waals surface area contributed by atoms with E-state index in [2.05, 4.69) is 20.3 Å². The third-order valence-electron chi connectivity index (χ3n) is 4.05. The predicted molar refractivity (Wildman–Crippen MR) is 112 cm³/mol. The molecule has 2 aromatic carbocycles. The van der Waals surface area contributed by atoms with E-state index < -0.39 is 0 Å². The van der Waals surface area contributed by atoms with Crippen LogP contribution >= 0.6 is 23.4 Å². The lowest BCUT2D eigenvalue weighted by Crippen LogP contribution is -2.01. The van der Waals surface area contributed by atoms with Gasteiger partial charge in [0.25, 0.3) is 0 Å². The van der Waals surface area contributed by atoms with Crippen LogP contribution in [-0.2, 0) is 5.75 Å². The van der Waals surface area contributed by atoms with Crippen LogP contribution in [0.25, 0.3) is 17.1 Å². The van der Waals surface area contributed by atoms with Gasteiger partial charge in [0.05, 0.1) is 17.4 Å². The van der Waals surface area contributed by atoms with E-state index in [1.807, 2.05) is 60.0 Å². The highest BCUT2D eigenvalue weighted by Gasteiger charge is 2.19. The van der Waals surface area contributed by atoms with E-state index in [-0.39, 0.29) is 0 Å². The summed E-state index contributed by atoms with van der Waals surface area (Å²) in [5, 5.41) is 13.9. The van der Waals surface area contributed by atoms with Crippen LogP contribution < -0.4 is 4.74 Å². The van der Waals surface area contributed by atoms with Gasteiger partial charge in [-0.2, -0.15) is 4.98 Å². The number of halogens is 1. The molecule has 148 valence electrons. The molecule has 0 amide bonds. The van der Waals surface area contributed by atoms with Crippen LogP contribution in [0.4, 0.5) is 0 Å². The van der Waals surface area contributed by atoms with Crippen molar-refractivity contribution in [3.63, 3.8) is 0 Å². The maximum absolute atomic E-state index is 6.43. The fraction of sp³-hybridized carbons (Fsp3) is 0.200. The number of hydrogen-bond donors (Lipinski definition) is 0. The molecule has 0 aliphatic carbocycles. The number of rotatable bonds is 7. The third kappa shape index (κ3) is 4.28. The Labute approximate surface area is 177 Å². The van der Waals surface area contributed by atoms with E-state index in [0.29, 0.717) is 40.1 Å². The molecule has 0 radical (unpaired) electrons. The second kappa shape index (κ2) is 8.67. The third-order valence-corrected chi connectivity index (χ3v) is 5.29. The minimum absolute atomic E-state index is 0.485. The lowest BCUT2D eigenvalue weighted by Gasteiger charge is -2.12. The zero-order valence-corrected chi connectivity index (χ0v) is 17.4. The first-order chi connectivity index (χ1) is 14.2. The quantitative estimate of drug-likeness (QED) is 0.385. The predicted octanol–water partition coefficient (Wildman–Crippen LogP) is 4.97. The van der Waals surface area contributed by atoms with Crippen LogP contribution in [-0.4, -0.2) is 31.5 Å². The van der Waals surface area contributed by atoms with Crippen molar-refractivity contribution >= 4 is 23.4 Å². The van der Waals surface area contributed by atoms with Crippen LogP contribution in [0.2, 0.25) is 5.02 Å². The zero-order valence-electron chi connectivity index (χ0n) is 15.9. The van der Waals surface area contributed by atoms with E-state index in [1.165, 1.54) is 11.8 Å². The molecule has 2 aromatic heterocycles. The summed E-state index contributed by atoms with van der Waals surface area (Å²) in [5.74, 6) is 3.08. The van der Waals surface area contributed by atoms with Gasteiger partial charge in [-0.25, -0.2) is 0 Å². The monoisotopic (exact) mass is 427 g/mol. The van der Waals surface area contributed by atoms with Gasteiger partial charge in [-0.05, 0) is 50.2 Å². The maximum Gasteiger partial charge on any atom is 0.237 e. The van der Waals surface area contributed by atoms with E-state index in [0.717, 1.165) is 17.0 Å². The van der Waals surface area contributed by atoms with Crippen LogP contribution in [0, 0.1) is 6.92 Å². The van der Waals surface area contributed by atoms with E-state index >= 15 is 0 Å². The molecule has 0 aliphatic heterocycles. The summed E-state index contributed by atoms with van der Waals surface area (Å²) < 4.78 is 12.7. The Morgan fingerprint density at radius 3 is 2.59 bits per heavy atom. The molecule has 7 nitrogen and oxygen atoms in total. The largest absolute Gasteiger partial charge is 0.494 e. The fourth-order valence-corrected chi connectivity index (χ4v) is 3.81. The van der Waals surface area contributed by atoms with Crippen molar-refractivity contribution in [1.29, 1.82) is 0 Å². The summed E-state index contributed by atoms with van der Waals surface area (Å²) in [6.45, 7) is 4.36. The van der Waals surface area contributed by atoms with Crippen LogP contribution in [0.5, 0.6) is 5.75 Å². The SMILES string of the molecule is CCOc1ccc(-n2c(SCc3nc(C)no3)nnc2-c2ccccc2Cl)cc1. The summed E-state index contributed by atoms with van der Waals surface area (Å²) in [6, 6.07) is 15.3. The summed E-state index contributed by atoms with van der Waals surface area (Å²) in [7, 11) is 0. The standard InChI is InChI=1S/C20H18ClN5O2S/c1-3-27-15-10-8-14(9-11-15)26-19(16-6-4-5-7-17(16)21)23-24-20(26)29-12-18-22-13(2)25-28-18/h4-11H,3,12H2,1-2H3. The summed E-state index contributed by atoms with van der Waals surface area (Å²) in [4.78, 5) is 4.25. The van der Waals surface area contributed by atoms with Gasteiger partial charge in [0, 0.05) is 11.3 Å². The Morgan fingerprint density at radius 1 is 1.10 bits per heavy atom. The van der Waals surface area contributed by atoms with Crippen molar-refractivity contribution in [2.75, 3.05) is 6.61 Å². The smallest absolute Gasteiger partial charge is 0.237 e. The molecule has 0 atom stereocenters. The lowest BCUT2D eigenvalue weighted by atomic mass is 10.2. The minimum Gasteiger partial charge on any atom is -0.494 e. The molecular weight excluding hydrogens is 410 g/mol. The van der Waals surface area contributed by atoms with Crippen LogP contribution in [0.1, 0.15) is 18.6 Å². The molecule has 0 bridgehead atoms. The van der Waals surface area contributed by atoms with Gasteiger partial charge in [0.15, 0.2) is 16.8 Å². The molecule has 4 rings (SSSR count). The van der Waals surface area contributed by atoms with Crippen molar-refractivity contribution in [2.24, 2.45) is 0 Å². The average molecular weight is 428 g/mol. The second-order valence-corrected chi connectivity index (χ2v) is 7.42. The molecule has 0 saturated carbocycles. The van der Waals surface area contributed by atoms with Crippen LogP contribution in [0.15, 0.2) is 58.2 Å². The van der Waals surface area contributed by atoms with Crippen molar-refractivity contribution in [1.82, 2.24) is 24.9 Å². The first kappa shape index (κ1) is 19.5. The van der Waals surface area contributed by atoms with E-state index in [1.54, 1.807) is 6.92 Å². The molecule has 29 heavy (non-hydrogen) atoms. The Kier molecular flexibility index (Phi) is 5.82. The number of aromatic nitrogens is 5. The molecule has 0 saturated heterocycles. The normalized spacial score (nSPS) is 11.0. The van der Waals surface area contributed by atoms with Gasteiger partial charge < -0.3 is 9.26 Å². The van der Waals surface area contributed by atoms with Crippen LogP contribution in [0.3, 0.4) is 0 Å². The number of thioether (sulfide) groups is 1. The molecule has 0 fully saturated rings. The molecule has 0 spiro atoms. The summed E-state index contributed by atoms with van der Waals surface area (Å²) in [6.07, 6.45) is 0. The summed E-state index contributed by atoms with van der Waals surface area (Å²) in [5.41, 5.74) is 1.70. The Hall–Kier alpha value is -2.84. The second-order valence-electron chi connectivity index (χ2n) is 6.07. The Morgan fingerprint density at radius 2 is 1.90 bits per heavy atom. The average Bonchev–Trinajstić information content (AvgIpc) is 3.34. The molecule has 2 heterocycles. The maximum atomic E-state index is 6.43. The van der Waals surface area contributed by atoms with Crippen molar-refractivity contribution < 1.29 is 9.26 Å². The van der Waals surface area contributed by atoms with E-state index in [4.69, 9.17) is 20.9 Å². The Balaban J connectivity index is 1.74. The molecule has 0 N–H and O–H groups in total. The lowest BCUT2D eigenvalue weighted by molar-refractivity contribution is 0.340. The highest BCUT2D eigenvalue weighted by Crippen LogP contribution is 2.33. The number of hydrogen-bond acceptors (Lipinski definition) is 7. The number of ether oxygens (including phenoxy) is 1. The summed E-state index contributed by atoms with van der Waals surface area (Å²) >= 11 is 7.89. The number of aryl methyl sites for hydroxylation is 1. The molecule has 0 aliphatic rings. The van der Waals surface area contributed by atoms with Gasteiger partial charge in [-0.15, -0.1) is 10.2 Å². The number of benzene rings is 2. The van der Waals surface area contributed by atoms with Gasteiger partial charge in [-0.3, -0.25) is 4.57 Å². The first-order valence-corrected chi connectivity index (χ1v) is 10.4.